The average molecular weight is 455 g/mol. The first-order valence-corrected chi connectivity index (χ1v) is 11.0. The van der Waals surface area contributed by atoms with Crippen molar-refractivity contribution in [3.8, 4) is 11.5 Å². The lowest BCUT2D eigenvalue weighted by Crippen LogP contribution is -2.30. The van der Waals surface area contributed by atoms with Gasteiger partial charge in [-0.15, -0.1) is 0 Å². The first-order chi connectivity index (χ1) is 15.3. The lowest BCUT2D eigenvalue weighted by atomic mass is 10.1. The number of rotatable bonds is 7. The highest BCUT2D eigenvalue weighted by Crippen LogP contribution is 2.35. The molecule has 0 atom stereocenters. The van der Waals surface area contributed by atoms with Crippen LogP contribution in [0.5, 0.6) is 11.5 Å². The maximum Gasteiger partial charge on any atom is 0.262 e. The Kier molecular flexibility index (Phi) is 6.04. The number of nitrogens with zero attached hydrogens (tertiary/aromatic N) is 2. The molecule has 1 aromatic heterocycles. The van der Waals surface area contributed by atoms with Crippen molar-refractivity contribution in [2.45, 2.75) is 31.6 Å². The van der Waals surface area contributed by atoms with Crippen molar-refractivity contribution in [1.29, 1.82) is 0 Å². The van der Waals surface area contributed by atoms with Gasteiger partial charge in [-0.3, -0.25) is 19.0 Å². The van der Waals surface area contributed by atoms with Crippen LogP contribution in [0.2, 0.25) is 0 Å². The molecule has 166 valence electrons. The molecule has 0 unspecified atom stereocenters. The van der Waals surface area contributed by atoms with Gasteiger partial charge in [0.15, 0.2) is 16.7 Å². The smallest absolute Gasteiger partial charge is 0.262 e. The van der Waals surface area contributed by atoms with Crippen LogP contribution in [0.1, 0.15) is 29.8 Å². The Hall–Kier alpha value is -3.53. The minimum Gasteiger partial charge on any atom is -0.454 e. The predicted molar refractivity (Wildman–Crippen MR) is 120 cm³/mol. The lowest BCUT2D eigenvalue weighted by Gasteiger charge is -2.14. The number of ether oxygens (including phenoxy) is 2. The summed E-state index contributed by atoms with van der Waals surface area (Å²) in [7, 11) is 0. The molecule has 2 aromatic carbocycles. The van der Waals surface area contributed by atoms with E-state index in [1.807, 2.05) is 13.8 Å². The van der Waals surface area contributed by atoms with Crippen LogP contribution in [-0.2, 0) is 11.3 Å². The second kappa shape index (κ2) is 8.91. The highest BCUT2D eigenvalue weighted by Gasteiger charge is 2.20. The molecule has 32 heavy (non-hydrogen) atoms. The van der Waals surface area contributed by atoms with Crippen molar-refractivity contribution >= 4 is 34.5 Å². The third-order valence-corrected chi connectivity index (χ3v) is 5.73. The summed E-state index contributed by atoms with van der Waals surface area (Å²) in [5.41, 5.74) is 6.80. The summed E-state index contributed by atoms with van der Waals surface area (Å²) in [6, 6.07) is 10.3. The van der Waals surface area contributed by atoms with Crippen LogP contribution in [0.25, 0.3) is 10.9 Å². The molecule has 3 aromatic rings. The molecule has 3 N–H and O–H groups in total. The van der Waals surface area contributed by atoms with Gasteiger partial charge in [0.05, 0.1) is 23.2 Å². The summed E-state index contributed by atoms with van der Waals surface area (Å²) in [5, 5.41) is 3.58. The SMILES string of the molecule is CC(C)NC(=O)c1ccc(Cn2c(SCC(N)=O)nc3cc4c(cc3c2=O)OCO4)cc1. The number of hydrogen-bond donors (Lipinski definition) is 2. The van der Waals surface area contributed by atoms with E-state index in [9.17, 15) is 14.4 Å². The number of carbonyl (C=O) groups excluding carboxylic acids is 2. The topological polar surface area (TPSA) is 126 Å². The molecule has 0 spiro atoms. The second-order valence-corrected chi connectivity index (χ2v) is 8.53. The minimum absolute atomic E-state index is 0.0171. The number of nitrogens with one attached hydrogen (secondary N) is 1. The largest absolute Gasteiger partial charge is 0.454 e. The van der Waals surface area contributed by atoms with Crippen LogP contribution in [0, 0.1) is 0 Å². The summed E-state index contributed by atoms with van der Waals surface area (Å²) < 4.78 is 12.3. The summed E-state index contributed by atoms with van der Waals surface area (Å²) in [6.07, 6.45) is 0. The van der Waals surface area contributed by atoms with Crippen LogP contribution < -0.4 is 26.1 Å². The molecule has 2 heterocycles. The molecule has 0 fully saturated rings. The van der Waals surface area contributed by atoms with Gasteiger partial charge in [-0.25, -0.2) is 4.98 Å². The van der Waals surface area contributed by atoms with Gasteiger partial charge in [0.2, 0.25) is 12.7 Å². The Balaban J connectivity index is 1.71. The summed E-state index contributed by atoms with van der Waals surface area (Å²) in [5.74, 6) is 0.313. The summed E-state index contributed by atoms with van der Waals surface area (Å²) in [6.45, 7) is 4.08. The molecule has 0 saturated heterocycles. The number of aromatic nitrogens is 2. The molecule has 0 saturated carbocycles. The normalized spacial score (nSPS) is 12.3. The van der Waals surface area contributed by atoms with Gasteiger partial charge in [-0.05, 0) is 37.6 Å². The average Bonchev–Trinajstić information content (AvgIpc) is 3.20. The minimum atomic E-state index is -0.512. The number of hydrogen-bond acceptors (Lipinski definition) is 7. The summed E-state index contributed by atoms with van der Waals surface area (Å²) in [4.78, 5) is 41.4. The van der Waals surface area contributed by atoms with E-state index < -0.39 is 5.91 Å². The summed E-state index contributed by atoms with van der Waals surface area (Å²) >= 11 is 1.09. The molecule has 4 rings (SSSR count). The first kappa shape index (κ1) is 21.7. The maximum absolute atomic E-state index is 13.3. The van der Waals surface area contributed by atoms with Crippen LogP contribution in [-0.4, -0.2) is 40.0 Å². The van der Waals surface area contributed by atoms with Crippen LogP contribution >= 0.6 is 11.8 Å². The Labute approximate surface area is 187 Å². The Morgan fingerprint density at radius 1 is 1.19 bits per heavy atom. The van der Waals surface area contributed by atoms with Crippen molar-refractivity contribution in [3.05, 3.63) is 57.9 Å². The number of nitrogens with two attached hydrogens (primary N) is 1. The van der Waals surface area contributed by atoms with Gasteiger partial charge in [-0.2, -0.15) is 0 Å². The lowest BCUT2D eigenvalue weighted by molar-refractivity contribution is -0.115. The van der Waals surface area contributed by atoms with Crippen LogP contribution in [0.4, 0.5) is 0 Å². The van der Waals surface area contributed by atoms with Crippen LogP contribution in [0.15, 0.2) is 46.3 Å². The zero-order chi connectivity index (χ0) is 22.8. The molecule has 9 nitrogen and oxygen atoms in total. The third-order valence-electron chi connectivity index (χ3n) is 4.73. The van der Waals surface area contributed by atoms with E-state index in [1.165, 1.54) is 4.57 Å². The quantitative estimate of drug-likeness (QED) is 0.412. The molecular weight excluding hydrogens is 432 g/mol. The molecule has 1 aliphatic rings. The molecule has 2 amide bonds. The first-order valence-electron chi connectivity index (χ1n) is 9.97. The zero-order valence-corrected chi connectivity index (χ0v) is 18.4. The molecular formula is C22H22N4O5S. The van der Waals surface area contributed by atoms with E-state index in [0.29, 0.717) is 33.1 Å². The van der Waals surface area contributed by atoms with E-state index in [2.05, 4.69) is 10.3 Å². The third kappa shape index (κ3) is 4.54. The maximum atomic E-state index is 13.3. The van der Waals surface area contributed by atoms with E-state index >= 15 is 0 Å². The molecule has 10 heteroatoms. The van der Waals surface area contributed by atoms with Gasteiger partial charge < -0.3 is 20.5 Å². The number of amides is 2. The number of thioether (sulfide) groups is 1. The highest BCUT2D eigenvalue weighted by molar-refractivity contribution is 7.99. The van der Waals surface area contributed by atoms with E-state index in [1.54, 1.807) is 36.4 Å². The van der Waals surface area contributed by atoms with Gasteiger partial charge >= 0.3 is 0 Å². The van der Waals surface area contributed by atoms with Gasteiger partial charge in [-0.1, -0.05) is 23.9 Å². The van der Waals surface area contributed by atoms with Crippen molar-refractivity contribution in [1.82, 2.24) is 14.9 Å². The van der Waals surface area contributed by atoms with E-state index in [4.69, 9.17) is 15.2 Å². The molecule has 1 aliphatic heterocycles. The van der Waals surface area contributed by atoms with Gasteiger partial charge in [0.25, 0.3) is 11.5 Å². The van der Waals surface area contributed by atoms with E-state index in [-0.39, 0.29) is 36.6 Å². The fraction of sp³-hybridized carbons (Fsp3) is 0.273. The molecule has 0 radical (unpaired) electrons. The fourth-order valence-corrected chi connectivity index (χ4v) is 4.00. The second-order valence-electron chi connectivity index (χ2n) is 7.59. The Morgan fingerprint density at radius 3 is 2.53 bits per heavy atom. The monoisotopic (exact) mass is 454 g/mol. The van der Waals surface area contributed by atoms with Crippen molar-refractivity contribution in [3.63, 3.8) is 0 Å². The standard InChI is InChI=1S/C22H22N4O5S/c1-12(2)24-20(28)14-5-3-13(4-6-14)9-26-21(29)15-7-17-18(31-11-30-17)8-16(15)25-22(26)32-10-19(23)27/h3-8,12H,9-11H2,1-2H3,(H2,23,27)(H,24,28). The predicted octanol–water partition coefficient (Wildman–Crippen LogP) is 1.89. The van der Waals surface area contributed by atoms with Crippen molar-refractivity contribution < 1.29 is 19.1 Å². The van der Waals surface area contributed by atoms with Crippen LogP contribution in [0.3, 0.4) is 0 Å². The zero-order valence-electron chi connectivity index (χ0n) is 17.6. The van der Waals surface area contributed by atoms with E-state index in [0.717, 1.165) is 17.3 Å². The fourth-order valence-electron chi connectivity index (χ4n) is 3.27. The molecule has 0 bridgehead atoms. The Bertz CT molecular complexity index is 1250. The van der Waals surface area contributed by atoms with Crippen molar-refractivity contribution in [2.75, 3.05) is 12.5 Å². The van der Waals surface area contributed by atoms with Gasteiger partial charge in [0, 0.05) is 17.7 Å². The van der Waals surface area contributed by atoms with Gasteiger partial charge in [0.1, 0.15) is 0 Å². The van der Waals surface area contributed by atoms with Crippen molar-refractivity contribution in [2.24, 2.45) is 5.73 Å². The molecule has 0 aliphatic carbocycles. The highest BCUT2D eigenvalue weighted by atomic mass is 32.2. The number of fused-ring (bicyclic) bond motifs is 2. The number of primary amides is 1. The number of benzene rings is 2. The Morgan fingerprint density at radius 2 is 1.88 bits per heavy atom. The number of carbonyl (C=O) groups is 2.